The molecule has 0 unspecified atom stereocenters. The number of unbranched alkanes of at least 4 members (excludes halogenated alkanes) is 16. The van der Waals surface area contributed by atoms with Crippen LogP contribution in [0, 0.1) is 0 Å². The van der Waals surface area contributed by atoms with Gasteiger partial charge in [-0.3, -0.25) is 9.59 Å². The van der Waals surface area contributed by atoms with E-state index in [9.17, 15) is 9.59 Å². The van der Waals surface area contributed by atoms with Crippen LogP contribution in [-0.4, -0.2) is 22.2 Å². The third-order valence-electron chi connectivity index (χ3n) is 6.68. The molecule has 0 atom stereocenters. The van der Waals surface area contributed by atoms with Crippen molar-refractivity contribution in [1.29, 1.82) is 0 Å². The van der Waals surface area contributed by atoms with Gasteiger partial charge < -0.3 is 10.2 Å². The number of aliphatic carboxylic acids is 2. The van der Waals surface area contributed by atoms with Gasteiger partial charge in [-0.15, -0.1) is 0 Å². The van der Waals surface area contributed by atoms with Gasteiger partial charge in [0.2, 0.25) is 0 Å². The second-order valence-electron chi connectivity index (χ2n) is 10.7. The Balaban J connectivity index is -0.000000688. The van der Waals surface area contributed by atoms with Gasteiger partial charge in [-0.2, -0.15) is 0 Å². The van der Waals surface area contributed by atoms with Crippen LogP contribution < -0.4 is 0 Å². The molecule has 0 aliphatic carbocycles. The fourth-order valence-electron chi connectivity index (χ4n) is 4.18. The number of hydrogen-bond acceptors (Lipinski definition) is 2. The van der Waals surface area contributed by atoms with Crippen molar-refractivity contribution in [2.45, 2.75) is 168 Å². The van der Waals surface area contributed by atoms with Gasteiger partial charge in [-0.25, -0.2) is 0 Å². The Morgan fingerprint density at radius 2 is 0.683 bits per heavy atom. The Labute approximate surface area is 267 Å². The van der Waals surface area contributed by atoms with Gasteiger partial charge in [0.1, 0.15) is 0 Å². The fourth-order valence-corrected chi connectivity index (χ4v) is 4.18. The Kier molecular flexibility index (Phi) is 43.6. The maximum Gasteiger partial charge on any atom is 0.303 e. The molecule has 4 nitrogen and oxygen atoms in total. The maximum absolute atomic E-state index is 10.3. The Morgan fingerprint density at radius 3 is 0.976 bits per heavy atom. The first-order valence-electron chi connectivity index (χ1n) is 16.6. The summed E-state index contributed by atoms with van der Waals surface area (Å²) in [6, 6.07) is 0. The molecule has 5 heteroatoms. The number of rotatable bonds is 28. The van der Waals surface area contributed by atoms with Crippen LogP contribution in [0.2, 0.25) is 0 Å². The van der Waals surface area contributed by atoms with Crippen LogP contribution in [0.25, 0.3) is 0 Å². The van der Waals surface area contributed by atoms with Crippen LogP contribution >= 0.6 is 0 Å². The molecule has 0 aliphatic rings. The molecule has 0 amide bonds. The molecule has 0 bridgehead atoms. The van der Waals surface area contributed by atoms with Crippen molar-refractivity contribution in [3.63, 3.8) is 0 Å². The van der Waals surface area contributed by atoms with E-state index in [1.807, 2.05) is 0 Å². The molecule has 0 spiro atoms. The van der Waals surface area contributed by atoms with Gasteiger partial charge in [0.15, 0.2) is 0 Å². The summed E-state index contributed by atoms with van der Waals surface area (Å²) in [5, 5.41) is 17.0. The smallest absolute Gasteiger partial charge is 0.303 e. The first kappa shape index (κ1) is 44.0. The van der Waals surface area contributed by atoms with E-state index in [1.165, 1.54) is 89.9 Å². The van der Waals surface area contributed by atoms with Crippen LogP contribution in [0.15, 0.2) is 48.6 Å². The van der Waals surface area contributed by atoms with Crippen molar-refractivity contribution >= 4 is 11.9 Å². The molecule has 0 heterocycles. The molecule has 0 aliphatic heterocycles. The summed E-state index contributed by atoms with van der Waals surface area (Å²) < 4.78 is 0. The van der Waals surface area contributed by atoms with Gasteiger partial charge in [0, 0.05) is 32.3 Å². The molecule has 0 saturated carbocycles. The zero-order valence-electron chi connectivity index (χ0n) is 27.0. The van der Waals surface area contributed by atoms with Crippen molar-refractivity contribution in [2.24, 2.45) is 0 Å². The summed E-state index contributed by atoms with van der Waals surface area (Å²) in [6.07, 6.45) is 44.6. The molecule has 234 valence electrons. The summed E-state index contributed by atoms with van der Waals surface area (Å²) in [7, 11) is 0. The van der Waals surface area contributed by atoms with E-state index in [0.29, 0.717) is 12.8 Å². The average Bonchev–Trinajstić information content (AvgIpc) is 2.93. The molecule has 0 saturated heterocycles. The molecule has 0 aromatic rings. The van der Waals surface area contributed by atoms with Crippen molar-refractivity contribution in [2.75, 3.05) is 0 Å². The predicted octanol–water partition coefficient (Wildman–Crippen LogP) is 11.8. The van der Waals surface area contributed by atoms with Crippen molar-refractivity contribution in [3.8, 4) is 0 Å². The third kappa shape index (κ3) is 48.6. The molecule has 0 rings (SSSR count). The second-order valence-corrected chi connectivity index (χ2v) is 10.7. The first-order valence-corrected chi connectivity index (χ1v) is 16.6. The van der Waals surface area contributed by atoms with Gasteiger partial charge in [-0.05, 0) is 77.0 Å². The molecule has 0 radical (unpaired) electrons. The van der Waals surface area contributed by atoms with Crippen molar-refractivity contribution in [3.05, 3.63) is 48.6 Å². The fraction of sp³-hybridized carbons (Fsp3) is 0.722. The minimum atomic E-state index is -0.671. The molecule has 41 heavy (non-hydrogen) atoms. The monoisotopic (exact) mass is 624 g/mol. The Morgan fingerprint density at radius 1 is 0.415 bits per heavy atom. The van der Waals surface area contributed by atoms with Crippen LogP contribution in [0.5, 0.6) is 0 Å². The Hall–Kier alpha value is -1.48. The van der Waals surface area contributed by atoms with E-state index in [-0.39, 0.29) is 19.5 Å². The van der Waals surface area contributed by atoms with Crippen molar-refractivity contribution in [1.82, 2.24) is 0 Å². The number of carbonyl (C=O) groups is 2. The molecular weight excluding hydrogens is 562 g/mol. The Bertz CT molecular complexity index is 596. The van der Waals surface area contributed by atoms with Gasteiger partial charge in [-0.1, -0.05) is 127 Å². The normalized spacial score (nSPS) is 11.4. The third-order valence-corrected chi connectivity index (χ3v) is 6.68. The summed E-state index contributed by atoms with van der Waals surface area (Å²) in [5.41, 5.74) is 0. The summed E-state index contributed by atoms with van der Waals surface area (Å²) in [6.45, 7) is 4.47. The molecule has 0 fully saturated rings. The van der Waals surface area contributed by atoms with Crippen LogP contribution in [0.3, 0.4) is 0 Å². The maximum atomic E-state index is 10.3. The SMILES string of the molecule is CCCCC/C=C\C/C=C\CCCCCCCC(=O)O.CCCCC/C=C\C/C=C\CCCCCCCC(=O)O.[Zn]. The largest absolute Gasteiger partial charge is 0.481 e. The minimum Gasteiger partial charge on any atom is -0.481 e. The van der Waals surface area contributed by atoms with E-state index in [1.54, 1.807) is 0 Å². The average molecular weight is 626 g/mol. The van der Waals surface area contributed by atoms with Crippen LogP contribution in [0.4, 0.5) is 0 Å². The zero-order chi connectivity index (χ0) is 29.8. The molecule has 2 N–H and O–H groups in total. The molecule has 0 aromatic heterocycles. The van der Waals surface area contributed by atoms with Gasteiger partial charge >= 0.3 is 11.9 Å². The molecule has 0 aromatic carbocycles. The van der Waals surface area contributed by atoms with E-state index < -0.39 is 11.9 Å². The topological polar surface area (TPSA) is 74.6 Å². The number of allylic oxidation sites excluding steroid dienone is 8. The van der Waals surface area contributed by atoms with Crippen LogP contribution in [-0.2, 0) is 29.1 Å². The van der Waals surface area contributed by atoms with E-state index in [0.717, 1.165) is 51.4 Å². The van der Waals surface area contributed by atoms with Gasteiger partial charge in [0.05, 0.1) is 0 Å². The van der Waals surface area contributed by atoms with E-state index in [2.05, 4.69) is 62.5 Å². The number of hydrogen-bond donors (Lipinski definition) is 2. The number of carboxylic acids is 2. The van der Waals surface area contributed by atoms with Crippen LogP contribution in [0.1, 0.15) is 168 Å². The van der Waals surface area contributed by atoms with Gasteiger partial charge in [0.25, 0.3) is 0 Å². The number of carboxylic acid groups (broad SMARTS) is 2. The molecular formula is C36H64O4Zn. The summed E-state index contributed by atoms with van der Waals surface area (Å²) in [4.78, 5) is 20.6. The standard InChI is InChI=1S/2C18H32O2.Zn/c2*1-2-3-4-5-6-7-8-9-10-11-12-13-14-15-16-17-18(19)20;/h2*6-7,9-10H,2-5,8,11-17H2,1H3,(H,19,20);/b2*7-6-,10-9-;. The minimum absolute atomic E-state index is 0. The zero-order valence-corrected chi connectivity index (χ0v) is 30.0. The second kappa shape index (κ2) is 40.7. The van der Waals surface area contributed by atoms with E-state index >= 15 is 0 Å². The predicted molar refractivity (Wildman–Crippen MR) is 174 cm³/mol. The van der Waals surface area contributed by atoms with E-state index in [4.69, 9.17) is 10.2 Å². The quantitative estimate of drug-likeness (QED) is 0.0515. The summed E-state index contributed by atoms with van der Waals surface area (Å²) in [5.74, 6) is -1.34. The first-order chi connectivity index (χ1) is 19.5. The van der Waals surface area contributed by atoms with Crippen molar-refractivity contribution < 1.29 is 39.3 Å². The summed E-state index contributed by atoms with van der Waals surface area (Å²) >= 11 is 0.